The lowest BCUT2D eigenvalue weighted by Gasteiger charge is -2.11. The van der Waals surface area contributed by atoms with Gasteiger partial charge in [-0.2, -0.15) is 0 Å². The Labute approximate surface area is 226 Å². The number of cyclic esters (lactones) is 1. The molecule has 4 aromatic rings. The monoisotopic (exact) mass is 551 g/mol. The molecule has 37 heavy (non-hydrogen) atoms. The van der Waals surface area contributed by atoms with Crippen molar-refractivity contribution in [3.05, 3.63) is 98.0 Å². The lowest BCUT2D eigenvalue weighted by molar-refractivity contribution is -0.129. The molecule has 186 valence electrons. The van der Waals surface area contributed by atoms with Gasteiger partial charge in [-0.15, -0.1) is 11.3 Å². The summed E-state index contributed by atoms with van der Waals surface area (Å²) in [7, 11) is 0. The number of aryl methyl sites for hydroxylation is 1. The van der Waals surface area contributed by atoms with Crippen molar-refractivity contribution in [2.24, 2.45) is 4.99 Å². The average molecular weight is 552 g/mol. The van der Waals surface area contributed by atoms with E-state index in [1.807, 2.05) is 38.1 Å². The van der Waals surface area contributed by atoms with Crippen molar-refractivity contribution in [3.63, 3.8) is 0 Å². The third-order valence-corrected chi connectivity index (χ3v) is 7.34. The number of hydrogen-bond donors (Lipinski definition) is 0. The molecule has 1 aromatic heterocycles. The van der Waals surface area contributed by atoms with Crippen LogP contribution in [0.2, 0.25) is 10.0 Å². The van der Waals surface area contributed by atoms with Gasteiger partial charge in [0.2, 0.25) is 5.90 Å². The minimum Gasteiger partial charge on any atom is -0.490 e. The van der Waals surface area contributed by atoms with Crippen molar-refractivity contribution in [1.29, 1.82) is 0 Å². The second-order valence-electron chi connectivity index (χ2n) is 8.12. The van der Waals surface area contributed by atoms with Crippen LogP contribution < -0.4 is 9.47 Å². The van der Waals surface area contributed by atoms with Gasteiger partial charge < -0.3 is 14.2 Å². The summed E-state index contributed by atoms with van der Waals surface area (Å²) in [6.45, 7) is 4.13. The zero-order chi connectivity index (χ0) is 26.1. The molecule has 0 N–H and O–H groups in total. The molecular weight excluding hydrogens is 533 g/mol. The molecule has 0 radical (unpaired) electrons. The highest BCUT2D eigenvalue weighted by Crippen LogP contribution is 2.38. The van der Waals surface area contributed by atoms with E-state index in [1.54, 1.807) is 42.5 Å². The number of carbonyl (C=O) groups excluding carboxylic acids is 2. The van der Waals surface area contributed by atoms with Gasteiger partial charge >= 0.3 is 11.9 Å². The summed E-state index contributed by atoms with van der Waals surface area (Å²) >= 11 is 13.7. The number of nitrogens with zero attached hydrogens (tertiary/aromatic N) is 1. The van der Waals surface area contributed by atoms with Crippen LogP contribution in [-0.2, 0) is 9.53 Å². The lowest BCUT2D eigenvalue weighted by Crippen LogP contribution is -2.08. The second-order valence-corrected chi connectivity index (χ2v) is 9.98. The maximum absolute atomic E-state index is 13.0. The van der Waals surface area contributed by atoms with Crippen LogP contribution in [0.25, 0.3) is 16.2 Å². The number of esters is 2. The van der Waals surface area contributed by atoms with E-state index in [2.05, 4.69) is 4.99 Å². The number of hydrogen-bond acceptors (Lipinski definition) is 7. The Bertz CT molecular complexity index is 1610. The van der Waals surface area contributed by atoms with E-state index in [0.717, 1.165) is 15.6 Å². The Morgan fingerprint density at radius 3 is 2.59 bits per heavy atom. The molecule has 6 nitrogen and oxygen atoms in total. The fourth-order valence-corrected chi connectivity index (χ4v) is 5.33. The van der Waals surface area contributed by atoms with E-state index in [1.165, 1.54) is 11.3 Å². The van der Waals surface area contributed by atoms with Gasteiger partial charge in [-0.1, -0.05) is 53.0 Å². The van der Waals surface area contributed by atoms with Crippen molar-refractivity contribution in [2.45, 2.75) is 13.8 Å². The summed E-state index contributed by atoms with van der Waals surface area (Å²) in [6.07, 6.45) is 1.59. The molecule has 0 unspecified atom stereocenters. The van der Waals surface area contributed by atoms with Gasteiger partial charge in [0, 0.05) is 20.7 Å². The molecule has 0 saturated carbocycles. The molecule has 1 aliphatic rings. The fraction of sp³-hybridized carbons (Fsp3) is 0.107. The van der Waals surface area contributed by atoms with Crippen LogP contribution in [0.15, 0.2) is 71.4 Å². The van der Waals surface area contributed by atoms with Gasteiger partial charge in [0.25, 0.3) is 0 Å². The van der Waals surface area contributed by atoms with Crippen LogP contribution in [0.5, 0.6) is 11.5 Å². The van der Waals surface area contributed by atoms with E-state index >= 15 is 0 Å². The maximum Gasteiger partial charge on any atom is 0.363 e. The van der Waals surface area contributed by atoms with E-state index in [0.29, 0.717) is 33.5 Å². The molecule has 5 rings (SSSR count). The molecule has 0 fully saturated rings. The SMILES string of the molecule is CCOc1cc(/C=C2/N=C(c3ccc(C)cc3)OC2=O)ccc1OC(=O)c1sc2cc(Cl)ccc2c1Cl. The topological polar surface area (TPSA) is 74.2 Å². The number of carbonyl (C=O) groups is 2. The van der Waals surface area contributed by atoms with Crippen molar-refractivity contribution in [2.75, 3.05) is 6.61 Å². The second kappa shape index (κ2) is 10.4. The van der Waals surface area contributed by atoms with Crippen molar-refractivity contribution in [3.8, 4) is 11.5 Å². The average Bonchev–Trinajstić information content (AvgIpc) is 3.40. The summed E-state index contributed by atoms with van der Waals surface area (Å²) in [6, 6.07) is 17.7. The first-order chi connectivity index (χ1) is 17.8. The molecule has 0 bridgehead atoms. The first kappa shape index (κ1) is 25.0. The first-order valence-electron chi connectivity index (χ1n) is 11.3. The van der Waals surface area contributed by atoms with E-state index in [9.17, 15) is 9.59 Å². The Hall–Kier alpha value is -3.65. The minimum absolute atomic E-state index is 0.151. The summed E-state index contributed by atoms with van der Waals surface area (Å²) in [5, 5.41) is 1.59. The highest BCUT2D eigenvalue weighted by atomic mass is 35.5. The number of aliphatic imine (C=N–C) groups is 1. The fourth-order valence-electron chi connectivity index (χ4n) is 3.67. The standard InChI is InChI=1S/C28H19Cl2NO5S/c1-3-34-22-13-16(12-20-27(32)36-26(31-20)17-7-4-15(2)5-8-17)6-11-21(22)35-28(33)25-24(30)19-10-9-18(29)14-23(19)37-25/h4-14H,3H2,1-2H3/b20-12+. The lowest BCUT2D eigenvalue weighted by atomic mass is 10.1. The third-order valence-electron chi connectivity index (χ3n) is 5.47. The van der Waals surface area contributed by atoms with Crippen LogP contribution in [0.1, 0.15) is 33.3 Å². The van der Waals surface area contributed by atoms with Crippen LogP contribution in [0.4, 0.5) is 0 Å². The van der Waals surface area contributed by atoms with Crippen molar-refractivity contribution in [1.82, 2.24) is 0 Å². The molecule has 3 aromatic carbocycles. The van der Waals surface area contributed by atoms with Crippen LogP contribution >= 0.6 is 34.5 Å². The van der Waals surface area contributed by atoms with Gasteiger partial charge in [0.1, 0.15) is 4.88 Å². The number of fused-ring (bicyclic) bond motifs is 1. The Morgan fingerprint density at radius 1 is 1.05 bits per heavy atom. The zero-order valence-corrected chi connectivity index (χ0v) is 22.0. The molecule has 9 heteroatoms. The molecule has 0 saturated heterocycles. The third kappa shape index (κ3) is 5.25. The van der Waals surface area contributed by atoms with Crippen LogP contribution in [-0.4, -0.2) is 24.4 Å². The summed E-state index contributed by atoms with van der Waals surface area (Å²) < 4.78 is 17.5. The zero-order valence-electron chi connectivity index (χ0n) is 19.7. The highest BCUT2D eigenvalue weighted by molar-refractivity contribution is 7.21. The maximum atomic E-state index is 13.0. The minimum atomic E-state index is -0.610. The van der Waals surface area contributed by atoms with Gasteiger partial charge in [0.05, 0.1) is 11.6 Å². The molecule has 1 aliphatic heterocycles. The summed E-state index contributed by atoms with van der Waals surface area (Å²) in [4.78, 5) is 30.0. The smallest absolute Gasteiger partial charge is 0.363 e. The normalized spacial score (nSPS) is 14.1. The molecule has 0 atom stereocenters. The molecule has 0 spiro atoms. The quantitative estimate of drug-likeness (QED) is 0.141. The van der Waals surface area contributed by atoms with Crippen molar-refractivity contribution >= 4 is 68.5 Å². The number of thiophene rings is 1. The molecule has 0 amide bonds. The predicted octanol–water partition coefficient (Wildman–Crippen LogP) is 7.48. The first-order valence-corrected chi connectivity index (χ1v) is 12.9. The van der Waals surface area contributed by atoms with Crippen molar-refractivity contribution < 1.29 is 23.8 Å². The van der Waals surface area contributed by atoms with Gasteiger partial charge in [0.15, 0.2) is 17.2 Å². The number of ether oxygens (including phenoxy) is 3. The molecular formula is C28H19Cl2NO5S. The Balaban J connectivity index is 1.41. The predicted molar refractivity (Wildman–Crippen MR) is 146 cm³/mol. The number of halogens is 2. The van der Waals surface area contributed by atoms with Gasteiger partial charge in [-0.3, -0.25) is 0 Å². The van der Waals surface area contributed by atoms with Crippen LogP contribution in [0, 0.1) is 6.92 Å². The number of rotatable bonds is 6. The van der Waals surface area contributed by atoms with E-state index < -0.39 is 11.9 Å². The van der Waals surface area contributed by atoms with Crippen LogP contribution in [0.3, 0.4) is 0 Å². The number of benzene rings is 3. The largest absolute Gasteiger partial charge is 0.490 e. The van der Waals surface area contributed by atoms with Gasteiger partial charge in [-0.25, -0.2) is 14.6 Å². The Morgan fingerprint density at radius 2 is 1.84 bits per heavy atom. The van der Waals surface area contributed by atoms with E-state index in [-0.39, 0.29) is 22.2 Å². The summed E-state index contributed by atoms with van der Waals surface area (Å²) in [5.74, 6) is -0.365. The molecule has 2 heterocycles. The Kier molecular flexibility index (Phi) is 7.02. The molecule has 0 aliphatic carbocycles. The van der Waals surface area contributed by atoms with Gasteiger partial charge in [-0.05, 0) is 61.9 Å². The summed E-state index contributed by atoms with van der Waals surface area (Å²) in [5.41, 5.74) is 2.58. The highest BCUT2D eigenvalue weighted by Gasteiger charge is 2.25. The van der Waals surface area contributed by atoms with E-state index in [4.69, 9.17) is 37.4 Å².